The second kappa shape index (κ2) is 8.58. The maximum absolute atomic E-state index is 13.1. The summed E-state index contributed by atoms with van der Waals surface area (Å²) in [5, 5.41) is 4.03. The third-order valence-corrected chi connectivity index (χ3v) is 5.77. The van der Waals surface area contributed by atoms with Crippen LogP contribution in [0.25, 0.3) is 17.0 Å². The maximum Gasteiger partial charge on any atom is 0.282 e. The molecular weight excluding hydrogens is 396 g/mol. The maximum atomic E-state index is 13.1. The van der Waals surface area contributed by atoms with Gasteiger partial charge in [0.05, 0.1) is 11.9 Å². The van der Waals surface area contributed by atoms with Crippen molar-refractivity contribution >= 4 is 23.4 Å². The van der Waals surface area contributed by atoms with Gasteiger partial charge in [0, 0.05) is 25.2 Å². The SMILES string of the molecule is CSNCC1CCC(C)N(c2cc(-c3cnc4ccc(C(F)F)nn34)ncn2)C1. The van der Waals surface area contributed by atoms with E-state index >= 15 is 0 Å². The Kier molecular flexibility index (Phi) is 5.91. The molecule has 154 valence electrons. The van der Waals surface area contributed by atoms with Crippen molar-refractivity contribution in [2.24, 2.45) is 5.92 Å². The van der Waals surface area contributed by atoms with Gasteiger partial charge in [-0.2, -0.15) is 5.10 Å². The monoisotopic (exact) mass is 419 g/mol. The normalized spacial score (nSPS) is 20.0. The molecule has 29 heavy (non-hydrogen) atoms. The van der Waals surface area contributed by atoms with E-state index in [4.69, 9.17) is 0 Å². The van der Waals surface area contributed by atoms with Crippen LogP contribution in [0, 0.1) is 5.92 Å². The molecule has 0 bridgehead atoms. The highest BCUT2D eigenvalue weighted by molar-refractivity contribution is 7.96. The van der Waals surface area contributed by atoms with E-state index in [0.29, 0.717) is 29.0 Å². The summed E-state index contributed by atoms with van der Waals surface area (Å²) in [4.78, 5) is 15.4. The van der Waals surface area contributed by atoms with Crippen molar-refractivity contribution in [3.05, 3.63) is 36.4 Å². The van der Waals surface area contributed by atoms with Crippen LogP contribution in [0.15, 0.2) is 30.7 Å². The van der Waals surface area contributed by atoms with E-state index in [1.165, 1.54) is 29.4 Å². The molecule has 3 aromatic heterocycles. The number of fused-ring (bicyclic) bond motifs is 1. The van der Waals surface area contributed by atoms with E-state index in [-0.39, 0.29) is 5.69 Å². The summed E-state index contributed by atoms with van der Waals surface area (Å²) >= 11 is 1.63. The number of aromatic nitrogens is 5. The van der Waals surface area contributed by atoms with Crippen LogP contribution in [0.4, 0.5) is 14.6 Å². The number of hydrogen-bond donors (Lipinski definition) is 1. The predicted molar refractivity (Wildman–Crippen MR) is 110 cm³/mol. The summed E-state index contributed by atoms with van der Waals surface area (Å²) < 4.78 is 30.9. The van der Waals surface area contributed by atoms with E-state index in [1.54, 1.807) is 18.1 Å². The number of hydrogen-bond acceptors (Lipinski definition) is 7. The van der Waals surface area contributed by atoms with Gasteiger partial charge in [-0.05, 0) is 44.1 Å². The first kappa shape index (κ1) is 20.0. The Morgan fingerprint density at radius 1 is 1.24 bits per heavy atom. The summed E-state index contributed by atoms with van der Waals surface area (Å²) in [6.07, 6.45) is 4.78. The van der Waals surface area contributed by atoms with Crippen molar-refractivity contribution in [2.75, 3.05) is 24.2 Å². The third kappa shape index (κ3) is 4.18. The summed E-state index contributed by atoms with van der Waals surface area (Å²) in [5.41, 5.74) is 1.38. The lowest BCUT2D eigenvalue weighted by molar-refractivity contribution is 0.144. The van der Waals surface area contributed by atoms with Gasteiger partial charge in [0.2, 0.25) is 0 Å². The predicted octanol–water partition coefficient (Wildman–Crippen LogP) is 3.60. The molecule has 1 fully saturated rings. The summed E-state index contributed by atoms with van der Waals surface area (Å²) in [6, 6.07) is 5.09. The quantitative estimate of drug-likeness (QED) is 0.612. The van der Waals surface area contributed by atoms with Crippen LogP contribution < -0.4 is 9.62 Å². The topological polar surface area (TPSA) is 71.2 Å². The molecule has 1 N–H and O–H groups in total. The molecule has 10 heteroatoms. The molecule has 1 saturated heterocycles. The Labute approximate surface area is 172 Å². The number of nitrogens with zero attached hydrogens (tertiary/aromatic N) is 6. The van der Waals surface area contributed by atoms with Crippen LogP contribution in [0.5, 0.6) is 0 Å². The molecule has 2 unspecified atom stereocenters. The van der Waals surface area contributed by atoms with Crippen LogP contribution in [0.3, 0.4) is 0 Å². The van der Waals surface area contributed by atoms with E-state index in [1.807, 2.05) is 12.3 Å². The van der Waals surface area contributed by atoms with E-state index in [9.17, 15) is 8.78 Å². The molecule has 0 radical (unpaired) electrons. The van der Waals surface area contributed by atoms with Crippen molar-refractivity contribution in [1.82, 2.24) is 29.3 Å². The zero-order valence-corrected chi connectivity index (χ0v) is 17.1. The average Bonchev–Trinajstić information content (AvgIpc) is 3.16. The zero-order valence-electron chi connectivity index (χ0n) is 16.3. The molecule has 0 spiro atoms. The van der Waals surface area contributed by atoms with Gasteiger partial charge in [0.1, 0.15) is 23.5 Å². The smallest absolute Gasteiger partial charge is 0.282 e. The number of halogens is 2. The Morgan fingerprint density at radius 3 is 2.90 bits per heavy atom. The minimum atomic E-state index is -2.64. The van der Waals surface area contributed by atoms with Crippen LogP contribution in [-0.2, 0) is 0 Å². The fraction of sp³-hybridized carbons (Fsp3) is 0.474. The van der Waals surface area contributed by atoms with Gasteiger partial charge in [-0.3, -0.25) is 4.72 Å². The van der Waals surface area contributed by atoms with Gasteiger partial charge < -0.3 is 4.90 Å². The standard InChI is InChI=1S/C19H23F2N7S/c1-12-3-4-13(8-25-29-2)10-27(12)18-7-15(23-11-24-18)16-9-22-17-6-5-14(19(20)21)26-28(16)17/h5-7,9,11-13,19,25H,3-4,8,10H2,1-2H3. The second-order valence-electron chi connectivity index (χ2n) is 7.23. The lowest BCUT2D eigenvalue weighted by Crippen LogP contribution is -2.44. The Hall–Kier alpha value is -2.33. The van der Waals surface area contributed by atoms with E-state index in [2.05, 4.69) is 36.6 Å². The molecule has 1 aliphatic heterocycles. The molecule has 4 rings (SSSR count). The molecule has 3 aromatic rings. The third-order valence-electron chi connectivity index (χ3n) is 5.31. The average molecular weight is 420 g/mol. The van der Waals surface area contributed by atoms with Crippen molar-refractivity contribution in [3.63, 3.8) is 0 Å². The summed E-state index contributed by atoms with van der Waals surface area (Å²) in [7, 11) is 0. The molecular formula is C19H23F2N7S. The van der Waals surface area contributed by atoms with Gasteiger partial charge in [0.25, 0.3) is 6.43 Å². The first-order valence-electron chi connectivity index (χ1n) is 9.54. The number of nitrogens with one attached hydrogen (secondary N) is 1. The van der Waals surface area contributed by atoms with Crippen molar-refractivity contribution < 1.29 is 8.78 Å². The molecule has 7 nitrogen and oxygen atoms in total. The highest BCUT2D eigenvalue weighted by atomic mass is 32.2. The largest absolute Gasteiger partial charge is 0.353 e. The van der Waals surface area contributed by atoms with Crippen LogP contribution in [0.2, 0.25) is 0 Å². The van der Waals surface area contributed by atoms with Crippen LogP contribution in [0.1, 0.15) is 31.9 Å². The second-order valence-corrected chi connectivity index (χ2v) is 7.93. The minimum Gasteiger partial charge on any atom is -0.353 e. The molecule has 0 aliphatic carbocycles. The molecule has 0 amide bonds. The molecule has 2 atom stereocenters. The van der Waals surface area contributed by atoms with Crippen LogP contribution >= 0.6 is 11.9 Å². The molecule has 0 saturated carbocycles. The molecule has 1 aliphatic rings. The number of alkyl halides is 2. The van der Waals surface area contributed by atoms with Gasteiger partial charge in [0.15, 0.2) is 5.65 Å². The Bertz CT molecular complexity index is 978. The first-order valence-corrected chi connectivity index (χ1v) is 10.8. The number of imidazole rings is 1. The minimum absolute atomic E-state index is 0.292. The van der Waals surface area contributed by atoms with Gasteiger partial charge in [-0.25, -0.2) is 28.2 Å². The highest BCUT2D eigenvalue weighted by Crippen LogP contribution is 2.29. The van der Waals surface area contributed by atoms with E-state index < -0.39 is 6.43 Å². The fourth-order valence-corrected chi connectivity index (χ4v) is 4.09. The number of rotatable bonds is 6. The zero-order chi connectivity index (χ0) is 20.4. The van der Waals surface area contributed by atoms with Gasteiger partial charge in [-0.15, -0.1) is 0 Å². The van der Waals surface area contributed by atoms with Crippen molar-refractivity contribution in [1.29, 1.82) is 0 Å². The molecule has 4 heterocycles. The number of piperidine rings is 1. The highest BCUT2D eigenvalue weighted by Gasteiger charge is 2.27. The summed E-state index contributed by atoms with van der Waals surface area (Å²) in [6.45, 7) is 4.06. The Morgan fingerprint density at radius 2 is 2.10 bits per heavy atom. The van der Waals surface area contributed by atoms with Gasteiger partial charge in [-0.1, -0.05) is 11.9 Å². The Balaban J connectivity index is 1.65. The van der Waals surface area contributed by atoms with Crippen LogP contribution in [-0.4, -0.2) is 50.0 Å². The fourth-order valence-electron chi connectivity index (χ4n) is 3.69. The number of anilines is 1. The van der Waals surface area contributed by atoms with Gasteiger partial charge >= 0.3 is 0 Å². The van der Waals surface area contributed by atoms with Crippen molar-refractivity contribution in [3.8, 4) is 11.4 Å². The lowest BCUT2D eigenvalue weighted by atomic mass is 9.93. The van der Waals surface area contributed by atoms with E-state index in [0.717, 1.165) is 25.3 Å². The lowest BCUT2D eigenvalue weighted by Gasteiger charge is -2.39. The first-order chi connectivity index (χ1) is 14.1. The summed E-state index contributed by atoms with van der Waals surface area (Å²) in [5.74, 6) is 1.37. The molecule has 0 aromatic carbocycles. The van der Waals surface area contributed by atoms with Crippen molar-refractivity contribution in [2.45, 2.75) is 32.2 Å².